The maximum Gasteiger partial charge on any atom is 0.313 e. The lowest BCUT2D eigenvalue weighted by atomic mass is 9.76. The van der Waals surface area contributed by atoms with E-state index in [0.717, 1.165) is 0 Å². The zero-order valence-corrected chi connectivity index (χ0v) is 21.6. The Balaban J connectivity index is 1.87. The molecule has 0 aliphatic carbocycles. The number of benzene rings is 4. The second-order valence-electron chi connectivity index (χ2n) is 8.41. The minimum Gasteiger partial charge on any atom is -0.493 e. The summed E-state index contributed by atoms with van der Waals surface area (Å²) < 4.78 is 10.9. The number of nitrogen functional groups attached to an aromatic ring is 1. The van der Waals surface area contributed by atoms with Gasteiger partial charge in [-0.1, -0.05) is 60.1 Å². The summed E-state index contributed by atoms with van der Waals surface area (Å²) >= 11 is 6.69. The fraction of sp³-hybridized carbons (Fsp3) is 0.103. The van der Waals surface area contributed by atoms with Gasteiger partial charge >= 0.3 is 6.03 Å². The third-order valence-electron chi connectivity index (χ3n) is 6.19. The number of primary amides is 1. The molecule has 4 aromatic carbocycles. The molecule has 1 unspecified atom stereocenters. The van der Waals surface area contributed by atoms with Gasteiger partial charge in [-0.3, -0.25) is 4.79 Å². The van der Waals surface area contributed by atoms with Crippen LogP contribution < -0.4 is 31.6 Å². The highest BCUT2D eigenvalue weighted by molar-refractivity contribution is 6.31. The molecular formula is C29H27ClN4O4. The molecule has 0 fully saturated rings. The first-order valence-electron chi connectivity index (χ1n) is 11.6. The van der Waals surface area contributed by atoms with Crippen LogP contribution in [0.3, 0.4) is 0 Å². The number of nitrogens with one attached hydrogen (secondary N) is 2. The molecule has 6 N–H and O–H groups in total. The number of carbonyl (C=O) groups excluding carboxylic acids is 2. The number of carbonyl (C=O) groups is 2. The van der Waals surface area contributed by atoms with Crippen LogP contribution in [0.2, 0.25) is 5.02 Å². The Morgan fingerprint density at radius 2 is 1.45 bits per heavy atom. The van der Waals surface area contributed by atoms with E-state index in [1.807, 2.05) is 6.07 Å². The molecule has 9 heteroatoms. The molecular weight excluding hydrogens is 504 g/mol. The Kier molecular flexibility index (Phi) is 7.74. The number of halogens is 1. The lowest BCUT2D eigenvalue weighted by Gasteiger charge is -2.37. The summed E-state index contributed by atoms with van der Waals surface area (Å²) in [5, 5.41) is 6.12. The molecule has 0 spiro atoms. The summed E-state index contributed by atoms with van der Waals surface area (Å²) in [6, 6.07) is 25.4. The summed E-state index contributed by atoms with van der Waals surface area (Å²) in [5.41, 5.74) is 13.5. The largest absolute Gasteiger partial charge is 0.493 e. The molecule has 0 aliphatic rings. The van der Waals surface area contributed by atoms with Crippen LogP contribution in [0.25, 0.3) is 0 Å². The second-order valence-corrected chi connectivity index (χ2v) is 8.81. The zero-order valence-electron chi connectivity index (χ0n) is 20.8. The molecule has 4 rings (SSSR count). The Morgan fingerprint density at radius 3 is 2.08 bits per heavy atom. The van der Waals surface area contributed by atoms with Gasteiger partial charge in [-0.2, -0.15) is 0 Å². The number of amides is 3. The molecule has 3 amide bonds. The minimum atomic E-state index is -1.33. The summed E-state index contributed by atoms with van der Waals surface area (Å²) in [6.07, 6.45) is 0. The minimum absolute atomic E-state index is 0.341. The molecule has 194 valence electrons. The lowest BCUT2D eigenvalue weighted by Crippen LogP contribution is -2.50. The van der Waals surface area contributed by atoms with Crippen LogP contribution in [0.4, 0.5) is 16.2 Å². The van der Waals surface area contributed by atoms with Crippen molar-refractivity contribution in [2.24, 2.45) is 5.73 Å². The van der Waals surface area contributed by atoms with Crippen molar-refractivity contribution in [2.45, 2.75) is 5.54 Å². The first-order chi connectivity index (χ1) is 18.3. The molecule has 0 aromatic heterocycles. The van der Waals surface area contributed by atoms with Crippen LogP contribution in [-0.2, 0) is 5.54 Å². The average Bonchev–Trinajstić information content (AvgIpc) is 2.93. The predicted molar refractivity (Wildman–Crippen MR) is 149 cm³/mol. The van der Waals surface area contributed by atoms with Crippen LogP contribution in [0, 0.1) is 0 Å². The monoisotopic (exact) mass is 530 g/mol. The van der Waals surface area contributed by atoms with Gasteiger partial charge in [-0.15, -0.1) is 0 Å². The van der Waals surface area contributed by atoms with Crippen molar-refractivity contribution >= 4 is 34.9 Å². The number of hydrogen-bond donors (Lipinski definition) is 4. The van der Waals surface area contributed by atoms with Gasteiger partial charge in [0.25, 0.3) is 5.91 Å². The maximum absolute atomic E-state index is 12.9. The molecule has 0 aliphatic heterocycles. The van der Waals surface area contributed by atoms with Gasteiger partial charge in [0.15, 0.2) is 11.5 Å². The zero-order chi connectivity index (χ0) is 27.3. The number of urea groups is 1. The average molecular weight is 531 g/mol. The molecule has 0 radical (unpaired) electrons. The highest BCUT2D eigenvalue weighted by Crippen LogP contribution is 2.43. The number of para-hydroxylation sites is 2. The van der Waals surface area contributed by atoms with E-state index in [2.05, 4.69) is 10.6 Å². The van der Waals surface area contributed by atoms with Gasteiger partial charge in [0.2, 0.25) is 0 Å². The Hall–Kier alpha value is -4.69. The smallest absolute Gasteiger partial charge is 0.313 e. The highest BCUT2D eigenvalue weighted by atomic mass is 35.5. The van der Waals surface area contributed by atoms with Crippen molar-refractivity contribution in [3.8, 4) is 11.5 Å². The van der Waals surface area contributed by atoms with Crippen molar-refractivity contribution in [1.29, 1.82) is 0 Å². The van der Waals surface area contributed by atoms with E-state index in [9.17, 15) is 9.59 Å². The summed E-state index contributed by atoms with van der Waals surface area (Å²) in [7, 11) is 3.06. The molecule has 0 bridgehead atoms. The molecule has 4 aromatic rings. The van der Waals surface area contributed by atoms with Gasteiger partial charge < -0.3 is 31.6 Å². The van der Waals surface area contributed by atoms with Gasteiger partial charge in [0.1, 0.15) is 5.54 Å². The van der Waals surface area contributed by atoms with E-state index in [1.54, 1.807) is 84.9 Å². The predicted octanol–water partition coefficient (Wildman–Crippen LogP) is 5.15. The number of ether oxygens (including phenoxy) is 2. The molecule has 38 heavy (non-hydrogen) atoms. The van der Waals surface area contributed by atoms with Crippen molar-refractivity contribution in [1.82, 2.24) is 5.32 Å². The number of hydrogen-bond acceptors (Lipinski definition) is 5. The maximum atomic E-state index is 12.9. The fourth-order valence-corrected chi connectivity index (χ4v) is 4.66. The quantitative estimate of drug-likeness (QED) is 0.185. The van der Waals surface area contributed by atoms with Crippen LogP contribution in [0.5, 0.6) is 11.5 Å². The number of anilines is 2. The van der Waals surface area contributed by atoms with Crippen molar-refractivity contribution in [3.05, 3.63) is 118 Å². The Morgan fingerprint density at radius 1 is 0.816 bits per heavy atom. The van der Waals surface area contributed by atoms with E-state index in [0.29, 0.717) is 50.2 Å². The van der Waals surface area contributed by atoms with Crippen molar-refractivity contribution in [3.63, 3.8) is 0 Å². The van der Waals surface area contributed by atoms with Gasteiger partial charge in [-0.05, 0) is 53.6 Å². The van der Waals surface area contributed by atoms with Gasteiger partial charge in [-0.25, -0.2) is 4.79 Å². The molecule has 0 heterocycles. The second kappa shape index (κ2) is 11.1. The van der Waals surface area contributed by atoms with Crippen LogP contribution in [0.1, 0.15) is 27.0 Å². The van der Waals surface area contributed by atoms with Crippen LogP contribution in [0.15, 0.2) is 91.0 Å². The SMILES string of the molecule is COc1ccc(C(NC(N)=O)(c2ccc(C(=O)Nc3ccccc3N)cc2)c2ccccc2Cl)cc1OC. The standard InChI is InChI=1S/C29H27ClN4O4/c1-37-25-16-15-20(17-26(25)38-2)29(34-28(32)36,21-7-3-4-8-22(21)30)19-13-11-18(12-14-19)27(35)33-24-10-6-5-9-23(24)31/h3-17H,31H2,1-2H3,(H,33,35)(H3,32,34,36). The van der Waals surface area contributed by atoms with Crippen molar-refractivity contribution < 1.29 is 19.1 Å². The van der Waals surface area contributed by atoms with E-state index in [4.69, 9.17) is 32.5 Å². The number of nitrogens with two attached hydrogens (primary N) is 2. The summed E-state index contributed by atoms with van der Waals surface area (Å²) in [4.78, 5) is 25.4. The van der Waals surface area contributed by atoms with Crippen LogP contribution >= 0.6 is 11.6 Å². The van der Waals surface area contributed by atoms with E-state index < -0.39 is 11.6 Å². The van der Waals surface area contributed by atoms with E-state index in [1.165, 1.54) is 14.2 Å². The number of methoxy groups -OCH3 is 2. The first kappa shape index (κ1) is 26.4. The normalized spacial score (nSPS) is 12.2. The van der Waals surface area contributed by atoms with Gasteiger partial charge in [0.05, 0.1) is 25.6 Å². The molecule has 1 atom stereocenters. The summed E-state index contributed by atoms with van der Waals surface area (Å²) in [5.74, 6) is 0.617. The first-order valence-corrected chi connectivity index (χ1v) is 12.0. The summed E-state index contributed by atoms with van der Waals surface area (Å²) in [6.45, 7) is 0. The third kappa shape index (κ3) is 5.07. The lowest BCUT2D eigenvalue weighted by molar-refractivity contribution is 0.102. The third-order valence-corrected chi connectivity index (χ3v) is 6.52. The van der Waals surface area contributed by atoms with E-state index in [-0.39, 0.29) is 5.91 Å². The highest BCUT2D eigenvalue weighted by Gasteiger charge is 2.40. The van der Waals surface area contributed by atoms with Crippen molar-refractivity contribution in [2.75, 3.05) is 25.3 Å². The fourth-order valence-electron chi connectivity index (χ4n) is 4.39. The Bertz CT molecular complexity index is 1480. The molecule has 0 saturated heterocycles. The van der Waals surface area contributed by atoms with Gasteiger partial charge in [0, 0.05) is 16.1 Å². The van der Waals surface area contributed by atoms with E-state index >= 15 is 0 Å². The van der Waals surface area contributed by atoms with Crippen LogP contribution in [-0.4, -0.2) is 26.2 Å². The molecule has 8 nitrogen and oxygen atoms in total. The molecule has 0 saturated carbocycles. The number of rotatable bonds is 8. The topological polar surface area (TPSA) is 129 Å². The Labute approximate surface area is 225 Å².